The van der Waals surface area contributed by atoms with Crippen molar-refractivity contribution >= 4 is 5.52 Å². The van der Waals surface area contributed by atoms with Gasteiger partial charge in [-0.15, -0.1) is 0 Å². The van der Waals surface area contributed by atoms with Crippen molar-refractivity contribution in [3.8, 4) is 28.3 Å². The monoisotopic (exact) mass is 361 g/mol. The van der Waals surface area contributed by atoms with E-state index in [1.165, 1.54) is 10.7 Å². The molecule has 3 aromatic heterocycles. The Morgan fingerprint density at radius 1 is 1.11 bits per heavy atom. The summed E-state index contributed by atoms with van der Waals surface area (Å²) in [4.78, 5) is 16.4. The van der Waals surface area contributed by atoms with Gasteiger partial charge in [-0.1, -0.05) is 12.1 Å². The topological polar surface area (TPSA) is 74.3 Å². The van der Waals surface area contributed by atoms with Gasteiger partial charge in [-0.3, -0.25) is 9.78 Å². The Bertz CT molecular complexity index is 1180. The molecule has 0 saturated carbocycles. The average molecular weight is 361 g/mol. The van der Waals surface area contributed by atoms with E-state index in [0.29, 0.717) is 5.69 Å². The summed E-state index contributed by atoms with van der Waals surface area (Å²) in [6.07, 6.45) is 5.22. The molecular formula is C20H19N5O2. The first-order valence-electron chi connectivity index (χ1n) is 8.65. The fraction of sp³-hybridized carbons (Fsp3) is 0.200. The summed E-state index contributed by atoms with van der Waals surface area (Å²) in [5, 5.41) is 9.31. The Labute approximate surface area is 155 Å². The van der Waals surface area contributed by atoms with Crippen molar-refractivity contribution in [2.75, 3.05) is 7.11 Å². The van der Waals surface area contributed by atoms with Gasteiger partial charge < -0.3 is 4.74 Å². The average Bonchev–Trinajstić information content (AvgIpc) is 3.08. The van der Waals surface area contributed by atoms with Crippen molar-refractivity contribution in [2.24, 2.45) is 0 Å². The van der Waals surface area contributed by atoms with Crippen LogP contribution in [0.15, 0.2) is 59.8 Å². The maximum atomic E-state index is 12.1. The maximum Gasteiger partial charge on any atom is 0.267 e. The molecule has 0 radical (unpaired) electrons. The Kier molecular flexibility index (Phi) is 4.19. The van der Waals surface area contributed by atoms with Gasteiger partial charge in [-0.2, -0.15) is 10.2 Å². The standard InChI is InChI=1S/C20H19N5O2/c1-13(2)25-18(26)8-7-16(22-25)19-17-12-21-9-10-24(17)23-20(19)14-5-4-6-15(11-14)27-3/h4-13H,1-3H3. The van der Waals surface area contributed by atoms with Gasteiger partial charge in [0.2, 0.25) is 0 Å². The second kappa shape index (κ2) is 6.68. The molecule has 0 unspecified atom stereocenters. The minimum atomic E-state index is -0.133. The number of rotatable bonds is 4. The lowest BCUT2D eigenvalue weighted by Gasteiger charge is -2.10. The van der Waals surface area contributed by atoms with Gasteiger partial charge in [-0.25, -0.2) is 9.20 Å². The number of hydrogen-bond donors (Lipinski definition) is 0. The van der Waals surface area contributed by atoms with Gasteiger partial charge in [0.05, 0.1) is 36.1 Å². The van der Waals surface area contributed by atoms with Crippen molar-refractivity contribution < 1.29 is 4.74 Å². The number of aromatic nitrogens is 5. The molecule has 27 heavy (non-hydrogen) atoms. The highest BCUT2D eigenvalue weighted by molar-refractivity contribution is 5.90. The summed E-state index contributed by atoms with van der Waals surface area (Å²) < 4.78 is 8.60. The fourth-order valence-corrected chi connectivity index (χ4v) is 3.05. The van der Waals surface area contributed by atoms with Crippen molar-refractivity contribution in [3.63, 3.8) is 0 Å². The van der Waals surface area contributed by atoms with Crippen molar-refractivity contribution in [1.82, 2.24) is 24.4 Å². The summed E-state index contributed by atoms with van der Waals surface area (Å²) in [5.74, 6) is 0.744. The van der Waals surface area contributed by atoms with Gasteiger partial charge in [0.15, 0.2) is 0 Å². The highest BCUT2D eigenvalue weighted by atomic mass is 16.5. The Balaban J connectivity index is 2.02. The Hall–Kier alpha value is -3.48. The van der Waals surface area contributed by atoms with Crippen LogP contribution in [0.1, 0.15) is 19.9 Å². The smallest absolute Gasteiger partial charge is 0.267 e. The van der Waals surface area contributed by atoms with Crippen LogP contribution in [0.3, 0.4) is 0 Å². The molecule has 3 heterocycles. The number of nitrogens with zero attached hydrogens (tertiary/aromatic N) is 5. The SMILES string of the molecule is COc1cccc(-c2nn3ccncc3c2-c2ccc(=O)n(C(C)C)n2)c1. The lowest BCUT2D eigenvalue weighted by atomic mass is 10.0. The van der Waals surface area contributed by atoms with E-state index in [9.17, 15) is 4.79 Å². The van der Waals surface area contributed by atoms with Crippen LogP contribution in [0.4, 0.5) is 0 Å². The molecule has 1 aromatic carbocycles. The Morgan fingerprint density at radius 3 is 2.74 bits per heavy atom. The predicted molar refractivity (Wildman–Crippen MR) is 103 cm³/mol. The van der Waals surface area contributed by atoms with Gasteiger partial charge in [-0.05, 0) is 32.0 Å². The molecule has 4 aromatic rings. The molecule has 0 amide bonds. The number of benzene rings is 1. The molecule has 0 atom stereocenters. The third kappa shape index (κ3) is 2.97. The van der Waals surface area contributed by atoms with Crippen LogP contribution in [0.5, 0.6) is 5.75 Å². The van der Waals surface area contributed by atoms with Crippen molar-refractivity contribution in [2.45, 2.75) is 19.9 Å². The van der Waals surface area contributed by atoms with Gasteiger partial charge in [0, 0.05) is 24.0 Å². The molecule has 0 saturated heterocycles. The van der Waals surface area contributed by atoms with Crippen LogP contribution in [0.2, 0.25) is 0 Å². The van der Waals surface area contributed by atoms with E-state index >= 15 is 0 Å². The van der Waals surface area contributed by atoms with E-state index < -0.39 is 0 Å². The zero-order valence-corrected chi connectivity index (χ0v) is 15.3. The summed E-state index contributed by atoms with van der Waals surface area (Å²) in [5.41, 5.74) is 3.83. The molecule has 0 aliphatic carbocycles. The number of methoxy groups -OCH3 is 1. The van der Waals surface area contributed by atoms with Crippen molar-refractivity contribution in [3.05, 3.63) is 65.3 Å². The minimum absolute atomic E-state index is 0.0438. The third-order valence-electron chi connectivity index (χ3n) is 4.35. The summed E-state index contributed by atoms with van der Waals surface area (Å²) >= 11 is 0. The van der Waals surface area contributed by atoms with Gasteiger partial charge >= 0.3 is 0 Å². The summed E-state index contributed by atoms with van der Waals surface area (Å²) in [6, 6.07) is 10.9. The first kappa shape index (κ1) is 17.0. The molecule has 0 N–H and O–H groups in total. The molecule has 7 heteroatoms. The van der Waals surface area contributed by atoms with E-state index in [1.807, 2.05) is 38.1 Å². The Morgan fingerprint density at radius 2 is 1.96 bits per heavy atom. The second-order valence-electron chi connectivity index (χ2n) is 6.46. The molecule has 4 rings (SSSR count). The summed E-state index contributed by atoms with van der Waals surface area (Å²) in [7, 11) is 1.63. The number of fused-ring (bicyclic) bond motifs is 1. The van der Waals surface area contributed by atoms with E-state index in [4.69, 9.17) is 9.84 Å². The molecule has 0 spiro atoms. The van der Waals surface area contributed by atoms with E-state index in [-0.39, 0.29) is 11.6 Å². The lowest BCUT2D eigenvalue weighted by molar-refractivity contribution is 0.415. The largest absolute Gasteiger partial charge is 0.497 e. The van der Waals surface area contributed by atoms with Crippen LogP contribution >= 0.6 is 0 Å². The molecule has 0 fully saturated rings. The molecule has 136 valence electrons. The fourth-order valence-electron chi connectivity index (χ4n) is 3.05. The summed E-state index contributed by atoms with van der Waals surface area (Å²) in [6.45, 7) is 3.86. The molecule has 0 aliphatic heterocycles. The number of ether oxygens (including phenoxy) is 1. The first-order chi connectivity index (χ1) is 13.1. The molecule has 0 aliphatic rings. The van der Waals surface area contributed by atoms with E-state index in [0.717, 1.165) is 28.1 Å². The third-order valence-corrected chi connectivity index (χ3v) is 4.35. The van der Waals surface area contributed by atoms with E-state index in [1.54, 1.807) is 36.3 Å². The highest BCUT2D eigenvalue weighted by Gasteiger charge is 2.19. The molecular weight excluding hydrogens is 342 g/mol. The van der Waals surface area contributed by atoms with Crippen LogP contribution in [-0.4, -0.2) is 31.5 Å². The quantitative estimate of drug-likeness (QED) is 0.558. The second-order valence-corrected chi connectivity index (χ2v) is 6.46. The molecule has 7 nitrogen and oxygen atoms in total. The highest BCUT2D eigenvalue weighted by Crippen LogP contribution is 2.34. The number of hydrogen-bond acceptors (Lipinski definition) is 5. The minimum Gasteiger partial charge on any atom is -0.497 e. The normalized spacial score (nSPS) is 11.3. The maximum absolute atomic E-state index is 12.1. The van der Waals surface area contributed by atoms with Crippen LogP contribution < -0.4 is 10.3 Å². The van der Waals surface area contributed by atoms with E-state index in [2.05, 4.69) is 10.1 Å². The predicted octanol–water partition coefficient (Wildman–Crippen LogP) is 3.21. The van der Waals surface area contributed by atoms with Gasteiger partial charge in [0.25, 0.3) is 5.56 Å². The van der Waals surface area contributed by atoms with Crippen LogP contribution in [0, 0.1) is 0 Å². The zero-order chi connectivity index (χ0) is 19.0. The van der Waals surface area contributed by atoms with Crippen LogP contribution in [0.25, 0.3) is 28.0 Å². The van der Waals surface area contributed by atoms with Crippen LogP contribution in [-0.2, 0) is 0 Å². The lowest BCUT2D eigenvalue weighted by Crippen LogP contribution is -2.23. The first-order valence-corrected chi connectivity index (χ1v) is 8.65. The van der Waals surface area contributed by atoms with Gasteiger partial charge in [0.1, 0.15) is 11.4 Å². The molecule has 0 bridgehead atoms. The van der Waals surface area contributed by atoms with Crippen molar-refractivity contribution in [1.29, 1.82) is 0 Å². The zero-order valence-electron chi connectivity index (χ0n) is 15.3.